The smallest absolute Gasteiger partial charge is 0.244 e. The van der Waals surface area contributed by atoms with E-state index < -0.39 is 0 Å². The van der Waals surface area contributed by atoms with Crippen molar-refractivity contribution in [2.75, 3.05) is 34.4 Å². The number of benzene rings is 2. The van der Waals surface area contributed by atoms with Crippen LogP contribution in [0.3, 0.4) is 0 Å². The molecule has 0 unspecified atom stereocenters. The second kappa shape index (κ2) is 10.1. The monoisotopic (exact) mass is 384 g/mol. The van der Waals surface area contributed by atoms with E-state index >= 15 is 0 Å². The minimum Gasteiger partial charge on any atom is -0.493 e. The highest BCUT2D eigenvalue weighted by Gasteiger charge is 2.28. The van der Waals surface area contributed by atoms with Crippen LogP contribution in [0.15, 0.2) is 42.5 Å². The van der Waals surface area contributed by atoms with Crippen LogP contribution in [-0.4, -0.2) is 50.1 Å². The first-order chi connectivity index (χ1) is 13.5. The maximum atomic E-state index is 13.3. The molecule has 28 heavy (non-hydrogen) atoms. The zero-order valence-electron chi connectivity index (χ0n) is 17.9. The number of likely N-dealkylation sites (N-methyl/N-ethyl adjacent to an activating group) is 2. The highest BCUT2D eigenvalue weighted by molar-refractivity contribution is 5.83. The van der Waals surface area contributed by atoms with Gasteiger partial charge >= 0.3 is 0 Å². The summed E-state index contributed by atoms with van der Waals surface area (Å²) in [6.07, 6.45) is 0. The van der Waals surface area contributed by atoms with Crippen molar-refractivity contribution in [1.29, 1.82) is 0 Å². The van der Waals surface area contributed by atoms with E-state index in [1.807, 2.05) is 68.3 Å². The van der Waals surface area contributed by atoms with Gasteiger partial charge in [0.05, 0.1) is 14.2 Å². The predicted molar refractivity (Wildman–Crippen MR) is 113 cm³/mol. The van der Waals surface area contributed by atoms with Crippen molar-refractivity contribution in [1.82, 2.24) is 9.80 Å². The zero-order valence-corrected chi connectivity index (χ0v) is 17.9. The summed E-state index contributed by atoms with van der Waals surface area (Å²) in [5, 5.41) is 0. The van der Waals surface area contributed by atoms with Gasteiger partial charge < -0.3 is 14.4 Å². The fourth-order valence-electron chi connectivity index (χ4n) is 3.48. The third kappa shape index (κ3) is 4.84. The second-order valence-electron chi connectivity index (χ2n) is 6.87. The van der Waals surface area contributed by atoms with Gasteiger partial charge in [-0.05, 0) is 56.6 Å². The quantitative estimate of drug-likeness (QED) is 0.654. The third-order valence-electron chi connectivity index (χ3n) is 5.13. The van der Waals surface area contributed by atoms with Crippen LogP contribution in [0.1, 0.15) is 36.6 Å². The van der Waals surface area contributed by atoms with Crippen LogP contribution in [-0.2, 0) is 11.3 Å². The molecule has 2 aromatic rings. The van der Waals surface area contributed by atoms with Crippen molar-refractivity contribution in [3.63, 3.8) is 0 Å². The Morgan fingerprint density at radius 3 is 2.11 bits per heavy atom. The van der Waals surface area contributed by atoms with Crippen LogP contribution < -0.4 is 9.47 Å². The molecule has 5 nitrogen and oxygen atoms in total. The molecular formula is C23H32N2O3. The molecular weight excluding hydrogens is 352 g/mol. The van der Waals surface area contributed by atoms with Crippen LogP contribution >= 0.6 is 0 Å². The molecule has 0 saturated heterocycles. The number of aryl methyl sites for hydroxylation is 1. The number of amides is 1. The van der Waals surface area contributed by atoms with Crippen molar-refractivity contribution < 1.29 is 14.3 Å². The molecule has 0 saturated carbocycles. The Bertz CT molecular complexity index is 773. The number of carbonyl (C=O) groups is 1. The van der Waals surface area contributed by atoms with Crippen molar-refractivity contribution in [3.05, 3.63) is 59.2 Å². The number of methoxy groups -OCH3 is 2. The molecule has 0 aliphatic rings. The van der Waals surface area contributed by atoms with Gasteiger partial charge in [0, 0.05) is 19.6 Å². The van der Waals surface area contributed by atoms with E-state index in [1.165, 1.54) is 0 Å². The van der Waals surface area contributed by atoms with Crippen molar-refractivity contribution >= 4 is 5.91 Å². The lowest BCUT2D eigenvalue weighted by molar-refractivity contribution is -0.136. The molecule has 5 heteroatoms. The summed E-state index contributed by atoms with van der Waals surface area (Å²) in [4.78, 5) is 17.3. The van der Waals surface area contributed by atoms with E-state index in [-0.39, 0.29) is 11.9 Å². The number of rotatable bonds is 9. The average molecular weight is 385 g/mol. The minimum absolute atomic E-state index is 0.122. The van der Waals surface area contributed by atoms with Crippen molar-refractivity contribution in [3.8, 4) is 11.5 Å². The van der Waals surface area contributed by atoms with E-state index in [2.05, 4.69) is 11.8 Å². The fourth-order valence-corrected chi connectivity index (χ4v) is 3.48. The number of nitrogens with zero attached hydrogens (tertiary/aromatic N) is 2. The van der Waals surface area contributed by atoms with E-state index in [1.54, 1.807) is 14.2 Å². The van der Waals surface area contributed by atoms with Gasteiger partial charge in [0.1, 0.15) is 6.04 Å². The zero-order chi connectivity index (χ0) is 20.7. The topological polar surface area (TPSA) is 42.0 Å². The summed E-state index contributed by atoms with van der Waals surface area (Å²) in [6, 6.07) is 13.6. The molecule has 0 aliphatic carbocycles. The Kier molecular flexibility index (Phi) is 7.88. The van der Waals surface area contributed by atoms with Crippen LogP contribution in [0.4, 0.5) is 0 Å². The van der Waals surface area contributed by atoms with Crippen LogP contribution in [0.25, 0.3) is 0 Å². The molecule has 0 radical (unpaired) electrons. The molecule has 0 aliphatic heterocycles. The average Bonchev–Trinajstić information content (AvgIpc) is 2.71. The normalized spacial score (nSPS) is 12.0. The number of hydrogen-bond donors (Lipinski definition) is 0. The Morgan fingerprint density at radius 1 is 1.00 bits per heavy atom. The molecule has 0 N–H and O–H groups in total. The molecule has 1 atom stereocenters. The molecule has 0 aromatic heterocycles. The van der Waals surface area contributed by atoms with Crippen molar-refractivity contribution in [2.24, 2.45) is 0 Å². The lowest BCUT2D eigenvalue weighted by atomic mass is 10.0. The summed E-state index contributed by atoms with van der Waals surface area (Å²) in [7, 11) is 5.27. The molecule has 2 aromatic carbocycles. The summed E-state index contributed by atoms with van der Waals surface area (Å²) >= 11 is 0. The number of carbonyl (C=O) groups excluding carboxylic acids is 1. The molecule has 0 fully saturated rings. The molecule has 152 valence electrons. The van der Waals surface area contributed by atoms with E-state index in [4.69, 9.17) is 9.47 Å². The van der Waals surface area contributed by atoms with Gasteiger partial charge in [-0.2, -0.15) is 0 Å². The van der Waals surface area contributed by atoms with Gasteiger partial charge in [-0.15, -0.1) is 0 Å². The first-order valence-electron chi connectivity index (χ1n) is 9.72. The Morgan fingerprint density at radius 2 is 1.57 bits per heavy atom. The van der Waals surface area contributed by atoms with E-state index in [0.717, 1.165) is 16.7 Å². The van der Waals surface area contributed by atoms with Crippen LogP contribution in [0, 0.1) is 6.92 Å². The lowest BCUT2D eigenvalue weighted by Crippen LogP contribution is -2.41. The second-order valence-corrected chi connectivity index (χ2v) is 6.87. The highest BCUT2D eigenvalue weighted by Crippen LogP contribution is 2.32. The van der Waals surface area contributed by atoms with Crippen LogP contribution in [0.5, 0.6) is 11.5 Å². The van der Waals surface area contributed by atoms with Gasteiger partial charge in [-0.1, -0.05) is 30.3 Å². The van der Waals surface area contributed by atoms with Gasteiger partial charge in [-0.3, -0.25) is 9.69 Å². The fraction of sp³-hybridized carbons (Fsp3) is 0.435. The van der Waals surface area contributed by atoms with E-state index in [9.17, 15) is 4.79 Å². The summed E-state index contributed by atoms with van der Waals surface area (Å²) < 4.78 is 10.9. The number of ether oxygens (including phenoxy) is 2. The molecule has 1 amide bonds. The molecule has 0 heterocycles. The maximum Gasteiger partial charge on any atom is 0.244 e. The van der Waals surface area contributed by atoms with E-state index in [0.29, 0.717) is 31.1 Å². The highest BCUT2D eigenvalue weighted by atomic mass is 16.5. The molecule has 0 bridgehead atoms. The number of hydrogen-bond acceptors (Lipinski definition) is 4. The first-order valence-corrected chi connectivity index (χ1v) is 9.72. The molecule has 2 rings (SSSR count). The Hall–Kier alpha value is -2.53. The lowest BCUT2D eigenvalue weighted by Gasteiger charge is -2.32. The van der Waals surface area contributed by atoms with Crippen LogP contribution in [0.2, 0.25) is 0 Å². The Labute approximate surface area is 168 Å². The van der Waals surface area contributed by atoms with Gasteiger partial charge in [0.2, 0.25) is 5.91 Å². The third-order valence-corrected chi connectivity index (χ3v) is 5.13. The van der Waals surface area contributed by atoms with Gasteiger partial charge in [0.25, 0.3) is 0 Å². The summed E-state index contributed by atoms with van der Waals surface area (Å²) in [6.45, 7) is 8.10. The SMILES string of the molecule is CCN(CC)C(=O)[C@H](c1ccccc1)N(C)Cc1cc(OC)c(OC)cc1C. The predicted octanol–water partition coefficient (Wildman–Crippen LogP) is 4.05. The summed E-state index contributed by atoms with van der Waals surface area (Å²) in [5.41, 5.74) is 3.21. The first kappa shape index (κ1) is 21.8. The minimum atomic E-state index is -0.339. The molecule has 0 spiro atoms. The Balaban J connectivity index is 2.38. The largest absolute Gasteiger partial charge is 0.493 e. The van der Waals surface area contributed by atoms with Gasteiger partial charge in [0.15, 0.2) is 11.5 Å². The van der Waals surface area contributed by atoms with Crippen molar-refractivity contribution in [2.45, 2.75) is 33.4 Å². The summed E-state index contributed by atoms with van der Waals surface area (Å²) in [5.74, 6) is 1.53. The maximum absolute atomic E-state index is 13.3. The standard InChI is InChI=1S/C23H32N2O3/c1-7-25(8-2)23(26)22(18-12-10-9-11-13-18)24(4)16-19-15-21(28-6)20(27-5)14-17(19)3/h9-15,22H,7-8,16H2,1-6H3/t22-/m0/s1. The van der Waals surface area contributed by atoms with Gasteiger partial charge in [-0.25, -0.2) is 0 Å².